The Balaban J connectivity index is 1.73. The predicted molar refractivity (Wildman–Crippen MR) is 98.4 cm³/mol. The number of nitrogens with one attached hydrogen (secondary N) is 1. The minimum atomic E-state index is -0.198. The summed E-state index contributed by atoms with van der Waals surface area (Å²) >= 11 is 0. The number of pyridine rings is 1. The molecule has 7 heteroatoms. The average Bonchev–Trinajstić information content (AvgIpc) is 3.15. The molecule has 0 aliphatic carbocycles. The maximum absolute atomic E-state index is 12.8. The van der Waals surface area contributed by atoms with Crippen LogP contribution in [0.1, 0.15) is 16.8 Å². The maximum atomic E-state index is 12.8. The van der Waals surface area contributed by atoms with Crippen LogP contribution in [0.4, 0.5) is 5.82 Å². The highest BCUT2D eigenvalue weighted by Gasteiger charge is 2.27. The molecule has 26 heavy (non-hydrogen) atoms. The Labute approximate surface area is 152 Å². The molecule has 1 unspecified atom stereocenters. The average molecular weight is 357 g/mol. The van der Waals surface area contributed by atoms with E-state index in [1.54, 1.807) is 25.4 Å². The zero-order chi connectivity index (χ0) is 18.5. The molecule has 7 nitrogen and oxygen atoms in total. The van der Waals surface area contributed by atoms with Gasteiger partial charge in [0.1, 0.15) is 5.82 Å². The quantitative estimate of drug-likeness (QED) is 0.854. The van der Waals surface area contributed by atoms with Gasteiger partial charge in [-0.15, -0.1) is 0 Å². The lowest BCUT2D eigenvalue weighted by molar-refractivity contribution is 0.0936. The van der Waals surface area contributed by atoms with Crippen molar-refractivity contribution in [3.05, 3.63) is 42.1 Å². The molecule has 1 saturated heterocycles. The van der Waals surface area contributed by atoms with Crippen LogP contribution in [0.2, 0.25) is 0 Å². The van der Waals surface area contributed by atoms with Gasteiger partial charge in [0.05, 0.1) is 26.9 Å². The molecule has 1 amide bonds. The number of hydrogen-bond acceptors (Lipinski definition) is 6. The molecule has 1 fully saturated rings. The zero-order valence-corrected chi connectivity index (χ0v) is 15.2. The Morgan fingerprint density at radius 3 is 2.58 bits per heavy atom. The first-order valence-electron chi connectivity index (χ1n) is 8.43. The number of carbonyl (C=O) groups is 1. The summed E-state index contributed by atoms with van der Waals surface area (Å²) in [6.45, 7) is 1.57. The van der Waals surface area contributed by atoms with Crippen LogP contribution in [0.3, 0.4) is 0 Å². The van der Waals surface area contributed by atoms with Crippen LogP contribution >= 0.6 is 0 Å². The Morgan fingerprint density at radius 2 is 1.92 bits per heavy atom. The van der Waals surface area contributed by atoms with Crippen LogP contribution in [0.25, 0.3) is 0 Å². The standard InChI is InChI=1S/C19H23N3O4/c1-24-15-8-7-14(17(25-2)18(15)26-3)19(23)21-13-9-11-22(12-13)16-6-4-5-10-20-16/h4-8,10,13H,9,11-12H2,1-3H3,(H,21,23). The van der Waals surface area contributed by atoms with E-state index < -0.39 is 0 Å². The molecule has 0 spiro atoms. The molecule has 1 aliphatic rings. The van der Waals surface area contributed by atoms with Crippen molar-refractivity contribution < 1.29 is 19.0 Å². The summed E-state index contributed by atoms with van der Waals surface area (Å²) in [6.07, 6.45) is 2.63. The second-order valence-corrected chi connectivity index (χ2v) is 5.97. The number of rotatable bonds is 6. The van der Waals surface area contributed by atoms with Gasteiger partial charge in [-0.2, -0.15) is 0 Å². The fraction of sp³-hybridized carbons (Fsp3) is 0.368. The number of ether oxygens (including phenoxy) is 3. The van der Waals surface area contributed by atoms with Crippen molar-refractivity contribution in [1.82, 2.24) is 10.3 Å². The van der Waals surface area contributed by atoms with Gasteiger partial charge >= 0.3 is 0 Å². The molecule has 0 bridgehead atoms. The monoisotopic (exact) mass is 357 g/mol. The third-order valence-corrected chi connectivity index (χ3v) is 4.45. The van der Waals surface area contributed by atoms with Gasteiger partial charge in [-0.05, 0) is 30.7 Å². The Kier molecular flexibility index (Phi) is 5.46. The van der Waals surface area contributed by atoms with E-state index in [4.69, 9.17) is 14.2 Å². The first-order chi connectivity index (χ1) is 12.7. The predicted octanol–water partition coefficient (Wildman–Crippen LogP) is 2.12. The molecule has 138 valence electrons. The summed E-state index contributed by atoms with van der Waals surface area (Å²) in [7, 11) is 4.57. The van der Waals surface area contributed by atoms with Crippen molar-refractivity contribution in [3.8, 4) is 17.2 Å². The molecule has 1 aromatic carbocycles. The van der Waals surface area contributed by atoms with Gasteiger partial charge < -0.3 is 24.4 Å². The van der Waals surface area contributed by atoms with E-state index in [1.165, 1.54) is 14.2 Å². The van der Waals surface area contributed by atoms with Crippen molar-refractivity contribution in [1.29, 1.82) is 0 Å². The fourth-order valence-electron chi connectivity index (χ4n) is 3.17. The van der Waals surface area contributed by atoms with Crippen LogP contribution in [-0.2, 0) is 0 Å². The van der Waals surface area contributed by atoms with Gasteiger partial charge in [-0.1, -0.05) is 6.07 Å². The molecule has 2 aromatic rings. The number of anilines is 1. The Bertz CT molecular complexity index is 767. The normalized spacial score (nSPS) is 16.3. The molecule has 0 saturated carbocycles. The van der Waals surface area contributed by atoms with Crippen molar-refractivity contribution >= 4 is 11.7 Å². The van der Waals surface area contributed by atoms with E-state index >= 15 is 0 Å². The van der Waals surface area contributed by atoms with E-state index in [-0.39, 0.29) is 11.9 Å². The minimum absolute atomic E-state index is 0.0438. The van der Waals surface area contributed by atoms with E-state index in [1.807, 2.05) is 18.2 Å². The topological polar surface area (TPSA) is 72.9 Å². The SMILES string of the molecule is COc1ccc(C(=O)NC2CCN(c3ccccn3)C2)c(OC)c1OC. The van der Waals surface area contributed by atoms with E-state index in [0.29, 0.717) is 22.8 Å². The Hall–Kier alpha value is -2.96. The smallest absolute Gasteiger partial charge is 0.255 e. The molecule has 2 heterocycles. The molecule has 1 atom stereocenters. The number of aromatic nitrogens is 1. The zero-order valence-electron chi connectivity index (χ0n) is 15.2. The molecule has 3 rings (SSSR count). The third kappa shape index (κ3) is 3.51. The van der Waals surface area contributed by atoms with Gasteiger partial charge in [0.2, 0.25) is 5.75 Å². The lowest BCUT2D eigenvalue weighted by Crippen LogP contribution is -2.37. The molecular formula is C19H23N3O4. The first-order valence-corrected chi connectivity index (χ1v) is 8.43. The lowest BCUT2D eigenvalue weighted by Gasteiger charge is -2.19. The summed E-state index contributed by atoms with van der Waals surface area (Å²) in [5, 5.41) is 3.07. The van der Waals surface area contributed by atoms with Gasteiger partial charge in [0.25, 0.3) is 5.91 Å². The van der Waals surface area contributed by atoms with E-state index in [2.05, 4.69) is 15.2 Å². The van der Waals surface area contributed by atoms with Crippen LogP contribution in [-0.4, -0.2) is 51.4 Å². The van der Waals surface area contributed by atoms with Crippen LogP contribution < -0.4 is 24.4 Å². The lowest BCUT2D eigenvalue weighted by atomic mass is 10.1. The number of hydrogen-bond donors (Lipinski definition) is 1. The highest BCUT2D eigenvalue weighted by Crippen LogP contribution is 2.39. The summed E-state index contributed by atoms with van der Waals surface area (Å²) in [5.74, 6) is 2.01. The van der Waals surface area contributed by atoms with Gasteiger partial charge in [-0.25, -0.2) is 4.98 Å². The Morgan fingerprint density at radius 1 is 1.12 bits per heavy atom. The second kappa shape index (κ2) is 7.95. The van der Waals surface area contributed by atoms with Gasteiger partial charge in [-0.3, -0.25) is 4.79 Å². The molecule has 0 radical (unpaired) electrons. The summed E-state index contributed by atoms with van der Waals surface area (Å²) in [5.41, 5.74) is 0.418. The van der Waals surface area contributed by atoms with Gasteiger partial charge in [0, 0.05) is 25.3 Å². The van der Waals surface area contributed by atoms with E-state index in [0.717, 1.165) is 25.3 Å². The molecule has 1 aromatic heterocycles. The summed E-state index contributed by atoms with van der Waals surface area (Å²) in [4.78, 5) is 19.3. The minimum Gasteiger partial charge on any atom is -0.493 e. The third-order valence-electron chi connectivity index (χ3n) is 4.45. The molecular weight excluding hydrogens is 334 g/mol. The van der Waals surface area contributed by atoms with Crippen molar-refractivity contribution in [3.63, 3.8) is 0 Å². The van der Waals surface area contributed by atoms with Gasteiger partial charge in [0.15, 0.2) is 11.5 Å². The number of methoxy groups -OCH3 is 3. The van der Waals surface area contributed by atoms with Crippen LogP contribution in [0.15, 0.2) is 36.5 Å². The number of nitrogens with zero attached hydrogens (tertiary/aromatic N) is 2. The highest BCUT2D eigenvalue weighted by molar-refractivity contribution is 5.98. The first kappa shape index (κ1) is 17.8. The number of carbonyl (C=O) groups excluding carboxylic acids is 1. The summed E-state index contributed by atoms with van der Waals surface area (Å²) in [6, 6.07) is 9.25. The van der Waals surface area contributed by atoms with E-state index in [9.17, 15) is 4.79 Å². The van der Waals surface area contributed by atoms with Crippen LogP contribution in [0.5, 0.6) is 17.2 Å². The second-order valence-electron chi connectivity index (χ2n) is 5.97. The summed E-state index contributed by atoms with van der Waals surface area (Å²) < 4.78 is 16.0. The van der Waals surface area contributed by atoms with Crippen molar-refractivity contribution in [2.75, 3.05) is 39.3 Å². The molecule has 1 aliphatic heterocycles. The number of amides is 1. The largest absolute Gasteiger partial charge is 0.493 e. The van der Waals surface area contributed by atoms with Crippen molar-refractivity contribution in [2.24, 2.45) is 0 Å². The fourth-order valence-corrected chi connectivity index (χ4v) is 3.17. The van der Waals surface area contributed by atoms with Crippen LogP contribution in [0, 0.1) is 0 Å². The molecule has 1 N–H and O–H groups in total. The van der Waals surface area contributed by atoms with Crippen molar-refractivity contribution in [2.45, 2.75) is 12.5 Å². The number of benzene rings is 1. The maximum Gasteiger partial charge on any atom is 0.255 e. The highest BCUT2D eigenvalue weighted by atomic mass is 16.5.